The third-order valence-corrected chi connectivity index (χ3v) is 5.50. The van der Waals surface area contributed by atoms with Gasteiger partial charge in [0.15, 0.2) is 6.61 Å². The highest BCUT2D eigenvalue weighted by Gasteiger charge is 2.41. The SMILES string of the molecule is Cc1ccc(-c2noc(COC(=O)C3C[C@H]4CCC[C@@H](C3)C4=O)n2)cc1. The highest BCUT2D eigenvalue weighted by Crippen LogP contribution is 2.40. The van der Waals surface area contributed by atoms with E-state index in [4.69, 9.17) is 9.26 Å². The summed E-state index contributed by atoms with van der Waals surface area (Å²) in [5.41, 5.74) is 2.01. The van der Waals surface area contributed by atoms with Gasteiger partial charge < -0.3 is 9.26 Å². The second kappa shape index (κ2) is 7.02. The molecule has 2 aliphatic rings. The van der Waals surface area contributed by atoms with Crippen LogP contribution in [0.1, 0.15) is 43.6 Å². The number of fused-ring (bicyclic) bond motifs is 2. The Morgan fingerprint density at radius 3 is 2.58 bits per heavy atom. The van der Waals surface area contributed by atoms with Crippen molar-refractivity contribution in [2.45, 2.75) is 45.6 Å². The van der Waals surface area contributed by atoms with Crippen molar-refractivity contribution < 1.29 is 18.8 Å². The normalized spacial score (nSPS) is 25.1. The van der Waals surface area contributed by atoms with E-state index in [0.29, 0.717) is 24.4 Å². The molecule has 0 spiro atoms. The maximum Gasteiger partial charge on any atom is 0.309 e. The molecule has 26 heavy (non-hydrogen) atoms. The molecule has 0 saturated heterocycles. The van der Waals surface area contributed by atoms with Gasteiger partial charge in [-0.25, -0.2) is 0 Å². The van der Waals surface area contributed by atoms with Crippen LogP contribution in [0.4, 0.5) is 0 Å². The van der Waals surface area contributed by atoms with Crippen LogP contribution in [-0.2, 0) is 20.9 Å². The number of hydrogen-bond donors (Lipinski definition) is 0. The molecule has 1 unspecified atom stereocenters. The highest BCUT2D eigenvalue weighted by molar-refractivity contribution is 5.87. The van der Waals surface area contributed by atoms with Gasteiger partial charge in [0.05, 0.1) is 5.92 Å². The molecule has 4 rings (SSSR count). The molecule has 2 bridgehead atoms. The van der Waals surface area contributed by atoms with Crippen LogP contribution in [0.2, 0.25) is 0 Å². The Kier molecular flexibility index (Phi) is 4.57. The minimum absolute atomic E-state index is 0.0303. The Morgan fingerprint density at radius 2 is 1.88 bits per heavy atom. The van der Waals surface area contributed by atoms with Crippen molar-refractivity contribution in [1.29, 1.82) is 0 Å². The summed E-state index contributed by atoms with van der Waals surface area (Å²) in [6.45, 7) is 1.98. The van der Waals surface area contributed by atoms with E-state index < -0.39 is 0 Å². The fourth-order valence-electron chi connectivity index (χ4n) is 4.06. The Labute approximate surface area is 151 Å². The summed E-state index contributed by atoms with van der Waals surface area (Å²) in [6, 6.07) is 7.81. The monoisotopic (exact) mass is 354 g/mol. The standard InChI is InChI=1S/C20H22N2O4/c1-12-5-7-13(8-6-12)19-21-17(26-22-19)11-25-20(24)16-9-14-3-2-4-15(10-16)18(14)23/h5-8,14-16H,2-4,9-11H2,1H3/t14-,15+,16?. The molecule has 2 saturated carbocycles. The van der Waals surface area contributed by atoms with E-state index in [0.717, 1.165) is 30.4 Å². The lowest BCUT2D eigenvalue weighted by Crippen LogP contribution is -2.39. The van der Waals surface area contributed by atoms with Crippen LogP contribution in [0.15, 0.2) is 28.8 Å². The van der Waals surface area contributed by atoms with Crippen LogP contribution in [0, 0.1) is 24.7 Å². The number of ether oxygens (including phenoxy) is 1. The molecule has 6 heteroatoms. The number of Topliss-reactive ketones (excluding diaryl/α,β-unsaturated/α-hetero) is 1. The van der Waals surface area contributed by atoms with Gasteiger partial charge in [-0.2, -0.15) is 4.98 Å². The molecule has 1 aromatic heterocycles. The lowest BCUT2D eigenvalue weighted by molar-refractivity contribution is -0.155. The maximum atomic E-state index is 12.4. The zero-order valence-corrected chi connectivity index (χ0v) is 14.8. The zero-order valence-electron chi connectivity index (χ0n) is 14.8. The average molecular weight is 354 g/mol. The summed E-state index contributed by atoms with van der Waals surface area (Å²) < 4.78 is 10.6. The summed E-state index contributed by atoms with van der Waals surface area (Å²) in [5, 5.41) is 3.94. The van der Waals surface area contributed by atoms with Crippen LogP contribution in [0.25, 0.3) is 11.4 Å². The lowest BCUT2D eigenvalue weighted by atomic mass is 9.67. The van der Waals surface area contributed by atoms with Crippen molar-refractivity contribution in [3.63, 3.8) is 0 Å². The molecule has 1 aromatic carbocycles. The molecule has 0 radical (unpaired) electrons. The third-order valence-electron chi connectivity index (χ3n) is 5.50. The van der Waals surface area contributed by atoms with Crippen molar-refractivity contribution in [3.8, 4) is 11.4 Å². The number of aryl methyl sites for hydroxylation is 1. The topological polar surface area (TPSA) is 82.3 Å². The summed E-state index contributed by atoms with van der Waals surface area (Å²) in [6.07, 6.45) is 4.14. The largest absolute Gasteiger partial charge is 0.455 e. The number of esters is 1. The first-order valence-electron chi connectivity index (χ1n) is 9.20. The van der Waals surface area contributed by atoms with Crippen LogP contribution in [0.5, 0.6) is 0 Å². The summed E-state index contributed by atoms with van der Waals surface area (Å²) in [7, 11) is 0. The number of nitrogens with zero attached hydrogens (tertiary/aromatic N) is 2. The van der Waals surface area contributed by atoms with E-state index in [1.807, 2.05) is 31.2 Å². The van der Waals surface area contributed by atoms with Gasteiger partial charge in [0.1, 0.15) is 5.78 Å². The number of benzene rings is 1. The van der Waals surface area contributed by atoms with E-state index in [-0.39, 0.29) is 36.2 Å². The number of aromatic nitrogens is 2. The Morgan fingerprint density at radius 1 is 1.19 bits per heavy atom. The van der Waals surface area contributed by atoms with Crippen molar-refractivity contribution >= 4 is 11.8 Å². The summed E-state index contributed by atoms with van der Waals surface area (Å²) in [5.74, 6) is 0.731. The van der Waals surface area contributed by atoms with Gasteiger partial charge in [-0.3, -0.25) is 9.59 Å². The molecule has 2 fully saturated rings. The molecule has 2 aromatic rings. The fourth-order valence-corrected chi connectivity index (χ4v) is 4.06. The predicted molar refractivity (Wildman–Crippen MR) is 92.8 cm³/mol. The maximum absolute atomic E-state index is 12.4. The van der Waals surface area contributed by atoms with E-state index >= 15 is 0 Å². The van der Waals surface area contributed by atoms with Crippen molar-refractivity contribution in [2.75, 3.05) is 0 Å². The molecule has 0 aliphatic heterocycles. The second-order valence-corrected chi connectivity index (χ2v) is 7.38. The predicted octanol–water partition coefficient (Wildman–Crippen LogP) is 3.48. The van der Waals surface area contributed by atoms with Crippen LogP contribution >= 0.6 is 0 Å². The average Bonchev–Trinajstić information content (AvgIpc) is 3.09. The first-order valence-corrected chi connectivity index (χ1v) is 9.20. The van der Waals surface area contributed by atoms with E-state index in [2.05, 4.69) is 10.1 Å². The molecule has 136 valence electrons. The van der Waals surface area contributed by atoms with E-state index in [1.165, 1.54) is 0 Å². The van der Waals surface area contributed by atoms with E-state index in [9.17, 15) is 9.59 Å². The molecule has 1 heterocycles. The number of rotatable bonds is 4. The van der Waals surface area contributed by atoms with Crippen LogP contribution in [0.3, 0.4) is 0 Å². The molecule has 0 amide bonds. The number of carbonyl (C=O) groups excluding carboxylic acids is 2. The minimum atomic E-state index is -0.260. The summed E-state index contributed by atoms with van der Waals surface area (Å²) >= 11 is 0. The van der Waals surface area contributed by atoms with Crippen molar-refractivity contribution in [2.24, 2.45) is 17.8 Å². The van der Waals surface area contributed by atoms with Gasteiger partial charge in [-0.05, 0) is 32.6 Å². The van der Waals surface area contributed by atoms with E-state index in [1.54, 1.807) is 0 Å². The molecule has 0 N–H and O–H groups in total. The van der Waals surface area contributed by atoms with Crippen LogP contribution in [-0.4, -0.2) is 21.9 Å². The zero-order chi connectivity index (χ0) is 18.1. The second-order valence-electron chi connectivity index (χ2n) is 7.38. The van der Waals surface area contributed by atoms with Gasteiger partial charge in [0.2, 0.25) is 5.82 Å². The third kappa shape index (κ3) is 3.41. The molecule has 3 atom stereocenters. The summed E-state index contributed by atoms with van der Waals surface area (Å²) in [4.78, 5) is 28.8. The Hall–Kier alpha value is -2.50. The minimum Gasteiger partial charge on any atom is -0.455 e. The molecular weight excluding hydrogens is 332 g/mol. The number of carbonyl (C=O) groups is 2. The highest BCUT2D eigenvalue weighted by atomic mass is 16.6. The fraction of sp³-hybridized carbons (Fsp3) is 0.500. The van der Waals surface area contributed by atoms with Crippen molar-refractivity contribution in [3.05, 3.63) is 35.7 Å². The Bertz CT molecular complexity index is 795. The quantitative estimate of drug-likeness (QED) is 0.782. The van der Waals surface area contributed by atoms with Gasteiger partial charge in [-0.15, -0.1) is 0 Å². The van der Waals surface area contributed by atoms with Crippen molar-refractivity contribution in [1.82, 2.24) is 10.1 Å². The lowest BCUT2D eigenvalue weighted by Gasteiger charge is -2.36. The molecular formula is C20H22N2O4. The molecule has 6 nitrogen and oxygen atoms in total. The smallest absolute Gasteiger partial charge is 0.309 e. The Balaban J connectivity index is 1.35. The number of hydrogen-bond acceptors (Lipinski definition) is 6. The first-order chi connectivity index (χ1) is 12.6. The first kappa shape index (κ1) is 16.9. The van der Waals surface area contributed by atoms with Crippen LogP contribution < -0.4 is 0 Å². The number of ketones is 1. The van der Waals surface area contributed by atoms with Gasteiger partial charge in [0, 0.05) is 17.4 Å². The molecule has 2 aliphatic carbocycles. The van der Waals surface area contributed by atoms with Gasteiger partial charge in [0.25, 0.3) is 5.89 Å². The van der Waals surface area contributed by atoms with Gasteiger partial charge >= 0.3 is 5.97 Å². The van der Waals surface area contributed by atoms with Gasteiger partial charge in [-0.1, -0.05) is 41.4 Å².